The van der Waals surface area contributed by atoms with E-state index in [9.17, 15) is 28.8 Å². The van der Waals surface area contributed by atoms with Crippen molar-refractivity contribution in [1.29, 1.82) is 0 Å². The number of hydrogen-bond acceptors (Lipinski definition) is 10. The first-order chi connectivity index (χ1) is 28.1. The molecule has 5 amide bonds. The van der Waals surface area contributed by atoms with Crippen LogP contribution in [0.2, 0.25) is 0 Å². The van der Waals surface area contributed by atoms with Gasteiger partial charge in [0.2, 0.25) is 11.8 Å². The Morgan fingerprint density at radius 1 is 0.862 bits per heavy atom. The minimum absolute atomic E-state index is 0.00311. The van der Waals surface area contributed by atoms with Crippen molar-refractivity contribution in [2.45, 2.75) is 109 Å². The van der Waals surface area contributed by atoms with E-state index >= 15 is 0 Å². The predicted molar refractivity (Wildman–Crippen MR) is 215 cm³/mol. The lowest BCUT2D eigenvalue weighted by Crippen LogP contribution is -2.56. The van der Waals surface area contributed by atoms with Gasteiger partial charge in [-0.3, -0.25) is 24.0 Å². The fourth-order valence-corrected chi connectivity index (χ4v) is 8.10. The Labute approximate surface area is 340 Å². The van der Waals surface area contributed by atoms with E-state index in [1.54, 1.807) is 20.8 Å². The number of hydrogen-bond donors (Lipinski definition) is 2. The lowest BCUT2D eigenvalue weighted by atomic mass is 9.85. The fourth-order valence-electron chi connectivity index (χ4n) is 8.10. The molecule has 3 heterocycles. The number of aryl methyl sites for hydroxylation is 1. The Morgan fingerprint density at radius 3 is 2.33 bits per heavy atom. The smallest absolute Gasteiger partial charge is 0.409 e. The molecule has 0 spiro atoms. The zero-order valence-electron chi connectivity index (χ0n) is 34.1. The van der Waals surface area contributed by atoms with Crippen molar-refractivity contribution >= 4 is 46.6 Å². The quantitative estimate of drug-likeness (QED) is 0.171. The van der Waals surface area contributed by atoms with Crippen LogP contribution in [0.3, 0.4) is 0 Å². The van der Waals surface area contributed by atoms with E-state index in [1.807, 2.05) is 26.0 Å². The Balaban J connectivity index is 1.13. The van der Waals surface area contributed by atoms with Crippen LogP contribution >= 0.6 is 0 Å². The minimum atomic E-state index is -1.09. The van der Waals surface area contributed by atoms with Crippen molar-refractivity contribution in [3.63, 3.8) is 0 Å². The zero-order chi connectivity index (χ0) is 41.0. The fraction of sp³-hybridized carbons (Fsp3) is 0.651. The Kier molecular flexibility index (Phi) is 15.2. The molecule has 0 radical (unpaired) electrons. The van der Waals surface area contributed by atoms with Gasteiger partial charge in [-0.25, -0.2) is 9.78 Å². The molecule has 2 saturated carbocycles. The molecular formula is C43H60N6O9. The predicted octanol–water partition coefficient (Wildman–Crippen LogP) is 4.52. The average Bonchev–Trinajstić information content (AvgIpc) is 3.93. The molecule has 2 aliphatic carbocycles. The highest BCUT2D eigenvalue weighted by atomic mass is 16.6. The third-order valence-corrected chi connectivity index (χ3v) is 11.9. The molecule has 15 nitrogen and oxygen atoms in total. The number of amides is 5. The molecule has 2 saturated heterocycles. The Hall–Kier alpha value is -4.95. The van der Waals surface area contributed by atoms with Gasteiger partial charge in [-0.1, -0.05) is 38.7 Å². The minimum Gasteiger partial charge on any atom is -0.483 e. The zero-order valence-corrected chi connectivity index (χ0v) is 34.1. The van der Waals surface area contributed by atoms with Crippen LogP contribution in [0, 0.1) is 18.8 Å². The second-order valence-electron chi connectivity index (χ2n) is 16.3. The number of aromatic nitrogens is 1. The molecule has 6 rings (SSSR count). The van der Waals surface area contributed by atoms with Crippen LogP contribution in [-0.4, -0.2) is 127 Å². The first-order valence-corrected chi connectivity index (χ1v) is 21.4. The number of pyridine rings is 1. The van der Waals surface area contributed by atoms with Crippen molar-refractivity contribution in [3.05, 3.63) is 35.5 Å². The maximum Gasteiger partial charge on any atom is 0.409 e. The van der Waals surface area contributed by atoms with Crippen LogP contribution in [0.4, 0.5) is 4.79 Å². The highest BCUT2D eigenvalue weighted by molar-refractivity contribution is 5.99. The van der Waals surface area contributed by atoms with Crippen LogP contribution in [0.15, 0.2) is 24.3 Å². The van der Waals surface area contributed by atoms with Gasteiger partial charge in [0.1, 0.15) is 23.5 Å². The van der Waals surface area contributed by atoms with E-state index in [4.69, 9.17) is 14.2 Å². The van der Waals surface area contributed by atoms with E-state index < -0.39 is 30.1 Å². The normalized spacial score (nSPS) is 19.1. The molecule has 2 atom stereocenters. The van der Waals surface area contributed by atoms with Gasteiger partial charge in [-0.15, -0.1) is 0 Å². The Bertz CT molecular complexity index is 1790. The molecule has 2 aliphatic heterocycles. The number of piperazine rings is 1. The molecule has 4 aliphatic rings. The second-order valence-corrected chi connectivity index (χ2v) is 16.3. The summed E-state index contributed by atoms with van der Waals surface area (Å²) in [6.07, 6.45) is 10.2. The summed E-state index contributed by atoms with van der Waals surface area (Å²) < 4.78 is 17.0. The molecule has 2 unspecified atom stereocenters. The van der Waals surface area contributed by atoms with E-state index in [0.29, 0.717) is 61.9 Å². The number of fused-ring (bicyclic) bond motifs is 1. The molecule has 58 heavy (non-hydrogen) atoms. The summed E-state index contributed by atoms with van der Waals surface area (Å²) in [5.41, 5.74) is 1.33. The maximum atomic E-state index is 14.0. The van der Waals surface area contributed by atoms with Crippen LogP contribution in [0.25, 0.3) is 10.9 Å². The highest BCUT2D eigenvalue weighted by Crippen LogP contribution is 2.29. The van der Waals surface area contributed by atoms with Gasteiger partial charge in [-0.05, 0) is 87.8 Å². The number of ether oxygens (including phenoxy) is 3. The molecule has 1 aromatic heterocycles. The van der Waals surface area contributed by atoms with Crippen molar-refractivity contribution in [2.75, 3.05) is 59.1 Å². The maximum absolute atomic E-state index is 14.0. The molecule has 1 aromatic carbocycles. The molecule has 15 heteroatoms. The number of carbonyl (C=O) groups excluding carboxylic acids is 6. The molecule has 316 valence electrons. The van der Waals surface area contributed by atoms with E-state index in [2.05, 4.69) is 15.6 Å². The lowest BCUT2D eigenvalue weighted by molar-refractivity contribution is -0.145. The standard InChI is InChI=1S/C43H60N6O9/c1-3-4-23-56-43(55)48-21-19-47(20-22-48)42(54)33(16-17-39(51)58-27-31-9-5-6-10-31)46-40(52)35-25-37(32-15-14-29(2)24-34(32)45-35)57-28-38(50)49-18-8-13-36(49)41(53)44-26-30-11-7-12-30/h14-15,24-25,30-31,33,36H,3-13,16-23,26-28H2,1-2H3,(H,44,53)(H,46,52). The van der Waals surface area contributed by atoms with Gasteiger partial charge in [0, 0.05) is 57.1 Å². The van der Waals surface area contributed by atoms with E-state index in [1.165, 1.54) is 12.5 Å². The van der Waals surface area contributed by atoms with Gasteiger partial charge in [0.05, 0.1) is 18.7 Å². The number of benzene rings is 1. The summed E-state index contributed by atoms with van der Waals surface area (Å²) in [6, 6.07) is 5.32. The van der Waals surface area contributed by atoms with Crippen LogP contribution in [-0.2, 0) is 28.7 Å². The third kappa shape index (κ3) is 11.4. The number of nitrogens with one attached hydrogen (secondary N) is 2. The van der Waals surface area contributed by atoms with Crippen molar-refractivity contribution in [2.24, 2.45) is 11.8 Å². The molecule has 0 bridgehead atoms. The first kappa shape index (κ1) is 42.7. The monoisotopic (exact) mass is 804 g/mol. The molecule has 2 aromatic rings. The van der Waals surface area contributed by atoms with Crippen molar-refractivity contribution in [1.82, 2.24) is 30.3 Å². The highest BCUT2D eigenvalue weighted by Gasteiger charge is 2.35. The van der Waals surface area contributed by atoms with Gasteiger partial charge in [-0.2, -0.15) is 0 Å². The number of nitrogens with zero attached hydrogens (tertiary/aromatic N) is 4. The van der Waals surface area contributed by atoms with Gasteiger partial charge < -0.3 is 39.5 Å². The number of rotatable bonds is 17. The summed E-state index contributed by atoms with van der Waals surface area (Å²) in [5.74, 6) is -0.831. The molecule has 2 N–H and O–H groups in total. The third-order valence-electron chi connectivity index (χ3n) is 11.9. The average molecular weight is 805 g/mol. The SMILES string of the molecule is CCCCOC(=O)N1CCN(C(=O)C(CCC(=O)OCC2CCCC2)NC(=O)c2cc(OCC(=O)N3CCCC3C(=O)NCC3CCC3)c3ccc(C)cc3n2)CC1. The summed E-state index contributed by atoms with van der Waals surface area (Å²) in [6.45, 7) is 6.35. The number of unbranched alkanes of at least 4 members (excludes halogenated alkanes) is 1. The number of esters is 1. The molecule has 4 fully saturated rings. The van der Waals surface area contributed by atoms with Crippen molar-refractivity contribution < 1.29 is 43.0 Å². The van der Waals surface area contributed by atoms with E-state index in [-0.39, 0.29) is 74.8 Å². The largest absolute Gasteiger partial charge is 0.483 e. The van der Waals surface area contributed by atoms with Crippen LogP contribution < -0.4 is 15.4 Å². The van der Waals surface area contributed by atoms with Crippen LogP contribution in [0.1, 0.15) is 106 Å². The summed E-state index contributed by atoms with van der Waals surface area (Å²) in [7, 11) is 0. The Morgan fingerprint density at radius 2 is 1.60 bits per heavy atom. The van der Waals surface area contributed by atoms with Gasteiger partial charge in [0.15, 0.2) is 6.61 Å². The second kappa shape index (κ2) is 20.6. The van der Waals surface area contributed by atoms with Crippen molar-refractivity contribution in [3.8, 4) is 5.75 Å². The number of likely N-dealkylation sites (tertiary alicyclic amines) is 1. The summed E-state index contributed by atoms with van der Waals surface area (Å²) in [5, 5.41) is 6.45. The van der Waals surface area contributed by atoms with E-state index in [0.717, 1.165) is 56.9 Å². The van der Waals surface area contributed by atoms with Gasteiger partial charge in [0.25, 0.3) is 11.8 Å². The first-order valence-electron chi connectivity index (χ1n) is 21.4. The number of carbonyl (C=O) groups is 6. The van der Waals surface area contributed by atoms with Crippen LogP contribution in [0.5, 0.6) is 5.75 Å². The topological polar surface area (TPSA) is 177 Å². The van der Waals surface area contributed by atoms with Gasteiger partial charge >= 0.3 is 12.1 Å². The lowest BCUT2D eigenvalue weighted by Gasteiger charge is -2.36. The molecular weight excluding hydrogens is 745 g/mol. The summed E-state index contributed by atoms with van der Waals surface area (Å²) >= 11 is 0. The summed E-state index contributed by atoms with van der Waals surface area (Å²) in [4.78, 5) is 89.3.